The van der Waals surface area contributed by atoms with Crippen LogP contribution in [0.25, 0.3) is 0 Å². The Morgan fingerprint density at radius 1 is 1.42 bits per heavy atom. The maximum Gasteiger partial charge on any atom is 0.119 e. The van der Waals surface area contributed by atoms with E-state index in [1.165, 1.54) is 0 Å². The summed E-state index contributed by atoms with van der Waals surface area (Å²) in [6.45, 7) is 4.84. The monoisotopic (exact) mass is 262 g/mol. The van der Waals surface area contributed by atoms with Gasteiger partial charge in [-0.25, -0.2) is 0 Å². The van der Waals surface area contributed by atoms with Gasteiger partial charge in [0.05, 0.1) is 20.3 Å². The number of rotatable bonds is 6. The van der Waals surface area contributed by atoms with Gasteiger partial charge in [-0.2, -0.15) is 0 Å². The molecule has 0 amide bonds. The fourth-order valence-electron chi connectivity index (χ4n) is 1.83. The Labute approximate surface area is 115 Å². The van der Waals surface area contributed by atoms with Crippen molar-refractivity contribution in [2.24, 2.45) is 5.73 Å². The molecule has 104 valence electrons. The van der Waals surface area contributed by atoms with Crippen molar-refractivity contribution in [2.45, 2.75) is 13.5 Å². The molecule has 0 bridgehead atoms. The van der Waals surface area contributed by atoms with Crippen molar-refractivity contribution in [1.82, 2.24) is 4.90 Å². The molecule has 1 aromatic carbocycles. The van der Waals surface area contributed by atoms with Crippen LogP contribution in [0.3, 0.4) is 0 Å². The molecular weight excluding hydrogens is 240 g/mol. The summed E-state index contributed by atoms with van der Waals surface area (Å²) >= 11 is 0. The lowest BCUT2D eigenvalue weighted by Crippen LogP contribution is -2.26. The minimum atomic E-state index is 0.154. The van der Waals surface area contributed by atoms with E-state index in [9.17, 15) is 0 Å². The van der Waals surface area contributed by atoms with Gasteiger partial charge < -0.3 is 15.6 Å². The molecule has 0 saturated carbocycles. The summed E-state index contributed by atoms with van der Waals surface area (Å²) in [4.78, 5) is 2.16. The summed E-state index contributed by atoms with van der Waals surface area (Å²) in [5.41, 5.74) is 7.47. The molecule has 0 heterocycles. The predicted molar refractivity (Wildman–Crippen MR) is 77.0 cm³/mol. The van der Waals surface area contributed by atoms with Gasteiger partial charge in [0.15, 0.2) is 0 Å². The minimum Gasteiger partial charge on any atom is -0.497 e. The first-order valence-corrected chi connectivity index (χ1v) is 6.44. The summed E-state index contributed by atoms with van der Waals surface area (Å²) in [6, 6.07) is 5.83. The van der Waals surface area contributed by atoms with Crippen LogP contribution in [0.2, 0.25) is 0 Å². The first-order valence-electron chi connectivity index (χ1n) is 6.44. The van der Waals surface area contributed by atoms with E-state index < -0.39 is 0 Å². The molecule has 0 atom stereocenters. The normalized spacial score (nSPS) is 10.2. The molecule has 0 saturated heterocycles. The molecule has 1 rings (SSSR count). The predicted octanol–water partition coefficient (Wildman–Crippen LogP) is 0.820. The number of nitrogens with two attached hydrogens (primary N) is 1. The van der Waals surface area contributed by atoms with E-state index in [2.05, 4.69) is 23.7 Å². The molecule has 0 aliphatic rings. The summed E-state index contributed by atoms with van der Waals surface area (Å²) in [7, 11) is 1.65. The quantitative estimate of drug-likeness (QED) is 0.745. The smallest absolute Gasteiger partial charge is 0.119 e. The summed E-state index contributed by atoms with van der Waals surface area (Å²) in [5, 5.41) is 9.05. The Kier molecular flexibility index (Phi) is 6.98. The largest absolute Gasteiger partial charge is 0.497 e. The highest BCUT2D eigenvalue weighted by Gasteiger charge is 2.08. The van der Waals surface area contributed by atoms with Crippen LogP contribution in [0.1, 0.15) is 18.1 Å². The number of benzene rings is 1. The highest BCUT2D eigenvalue weighted by Crippen LogP contribution is 2.18. The zero-order chi connectivity index (χ0) is 14.1. The van der Waals surface area contributed by atoms with Crippen molar-refractivity contribution in [3.63, 3.8) is 0 Å². The molecule has 4 heteroatoms. The lowest BCUT2D eigenvalue weighted by molar-refractivity contribution is 0.196. The van der Waals surface area contributed by atoms with E-state index in [4.69, 9.17) is 15.6 Å². The fourth-order valence-corrected chi connectivity index (χ4v) is 1.83. The fraction of sp³-hybridized carbons (Fsp3) is 0.467. The number of likely N-dealkylation sites (N-methyl/N-ethyl adjacent to an activating group) is 1. The van der Waals surface area contributed by atoms with Gasteiger partial charge in [0.1, 0.15) is 5.75 Å². The average molecular weight is 262 g/mol. The minimum absolute atomic E-state index is 0.154. The van der Waals surface area contributed by atoms with E-state index in [1.54, 1.807) is 7.11 Å². The number of methoxy groups -OCH3 is 1. The highest BCUT2D eigenvalue weighted by molar-refractivity contribution is 5.45. The van der Waals surface area contributed by atoms with Crippen LogP contribution in [0, 0.1) is 11.8 Å². The van der Waals surface area contributed by atoms with Gasteiger partial charge >= 0.3 is 0 Å². The zero-order valence-electron chi connectivity index (χ0n) is 11.6. The van der Waals surface area contributed by atoms with Crippen LogP contribution in [-0.2, 0) is 6.54 Å². The summed E-state index contributed by atoms with van der Waals surface area (Å²) in [5.74, 6) is 6.76. The maximum absolute atomic E-state index is 9.05. The number of hydrogen-bond acceptors (Lipinski definition) is 4. The van der Waals surface area contributed by atoms with Crippen LogP contribution >= 0.6 is 0 Å². The van der Waals surface area contributed by atoms with E-state index in [0.717, 1.165) is 30.0 Å². The van der Waals surface area contributed by atoms with Gasteiger partial charge in [-0.3, -0.25) is 4.90 Å². The van der Waals surface area contributed by atoms with Crippen molar-refractivity contribution >= 4 is 0 Å². The molecule has 0 radical (unpaired) electrons. The number of nitrogens with zero attached hydrogens (tertiary/aromatic N) is 1. The number of aliphatic hydroxyl groups is 1. The highest BCUT2D eigenvalue weighted by atomic mass is 16.5. The lowest BCUT2D eigenvalue weighted by atomic mass is 10.1. The number of hydrogen-bond donors (Lipinski definition) is 2. The van der Waals surface area contributed by atoms with E-state index >= 15 is 0 Å². The average Bonchev–Trinajstić information content (AvgIpc) is 2.45. The standard InChI is InChI=1S/C15H22N2O2/c1-3-17(9-10-18)12-14-11-15(19-2)7-6-13(14)5-4-8-16/h6-7,11,18H,3,8-10,12,16H2,1-2H3. The number of ether oxygens (including phenoxy) is 1. The molecule has 1 aromatic rings. The first kappa shape index (κ1) is 15.5. The van der Waals surface area contributed by atoms with Crippen molar-refractivity contribution in [3.8, 4) is 17.6 Å². The lowest BCUT2D eigenvalue weighted by Gasteiger charge is -2.20. The van der Waals surface area contributed by atoms with Crippen LogP contribution < -0.4 is 10.5 Å². The molecule has 0 aliphatic heterocycles. The molecule has 19 heavy (non-hydrogen) atoms. The Balaban J connectivity index is 2.99. The van der Waals surface area contributed by atoms with Crippen LogP contribution in [-0.4, -0.2) is 43.4 Å². The SMILES string of the molecule is CCN(CCO)Cc1cc(OC)ccc1C#CCN. The van der Waals surface area contributed by atoms with Crippen molar-refractivity contribution < 1.29 is 9.84 Å². The Morgan fingerprint density at radius 3 is 2.79 bits per heavy atom. The molecule has 3 N–H and O–H groups in total. The van der Waals surface area contributed by atoms with Gasteiger partial charge in [-0.05, 0) is 30.3 Å². The van der Waals surface area contributed by atoms with Gasteiger partial charge in [0.2, 0.25) is 0 Å². The second-order valence-corrected chi connectivity index (χ2v) is 4.12. The zero-order valence-corrected chi connectivity index (χ0v) is 11.6. The second kappa shape index (κ2) is 8.54. The Hall–Kier alpha value is -1.54. The van der Waals surface area contributed by atoms with Crippen molar-refractivity contribution in [1.29, 1.82) is 0 Å². The van der Waals surface area contributed by atoms with Gasteiger partial charge in [-0.15, -0.1) is 0 Å². The number of aliphatic hydroxyl groups excluding tert-OH is 1. The van der Waals surface area contributed by atoms with Crippen LogP contribution in [0.15, 0.2) is 18.2 Å². The molecule has 0 unspecified atom stereocenters. The molecular formula is C15H22N2O2. The van der Waals surface area contributed by atoms with Crippen LogP contribution in [0.4, 0.5) is 0 Å². The Morgan fingerprint density at radius 2 is 2.21 bits per heavy atom. The van der Waals surface area contributed by atoms with Gasteiger partial charge in [-0.1, -0.05) is 18.8 Å². The molecule has 4 nitrogen and oxygen atoms in total. The van der Waals surface area contributed by atoms with Crippen molar-refractivity contribution in [3.05, 3.63) is 29.3 Å². The molecule has 0 fully saturated rings. The Bertz CT molecular complexity index is 449. The van der Waals surface area contributed by atoms with Gasteiger partial charge in [0, 0.05) is 18.7 Å². The summed E-state index contributed by atoms with van der Waals surface area (Å²) < 4.78 is 5.25. The van der Waals surface area contributed by atoms with E-state index in [-0.39, 0.29) is 6.61 Å². The topological polar surface area (TPSA) is 58.7 Å². The third kappa shape index (κ3) is 4.92. The summed E-state index contributed by atoms with van der Waals surface area (Å²) in [6.07, 6.45) is 0. The second-order valence-electron chi connectivity index (χ2n) is 4.12. The third-order valence-electron chi connectivity index (χ3n) is 2.89. The molecule has 0 spiro atoms. The molecule has 0 aromatic heterocycles. The third-order valence-corrected chi connectivity index (χ3v) is 2.89. The first-order chi connectivity index (χ1) is 9.24. The maximum atomic E-state index is 9.05. The van der Waals surface area contributed by atoms with Crippen molar-refractivity contribution in [2.75, 3.05) is 33.4 Å². The van der Waals surface area contributed by atoms with E-state index in [1.807, 2.05) is 18.2 Å². The van der Waals surface area contributed by atoms with Crippen LogP contribution in [0.5, 0.6) is 5.75 Å². The van der Waals surface area contributed by atoms with Gasteiger partial charge in [0.25, 0.3) is 0 Å². The van der Waals surface area contributed by atoms with E-state index in [0.29, 0.717) is 13.1 Å². The molecule has 0 aliphatic carbocycles.